The first kappa shape index (κ1) is 8.04. The van der Waals surface area contributed by atoms with Gasteiger partial charge >= 0.3 is 0 Å². The van der Waals surface area contributed by atoms with Crippen LogP contribution in [0, 0.1) is 5.82 Å². The van der Waals surface area contributed by atoms with Crippen molar-refractivity contribution in [3.8, 4) is 5.75 Å². The van der Waals surface area contributed by atoms with Gasteiger partial charge in [0.15, 0.2) is 6.29 Å². The number of hydrogen-bond donors (Lipinski definition) is 1. The number of halogens is 1. The fourth-order valence-electron chi connectivity index (χ4n) is 1.27. The zero-order chi connectivity index (χ0) is 9.26. The summed E-state index contributed by atoms with van der Waals surface area (Å²) in [5.41, 5.74) is 0.728. The third-order valence-corrected chi connectivity index (χ3v) is 1.90. The second-order valence-electron chi connectivity index (χ2n) is 2.76. The second-order valence-corrected chi connectivity index (χ2v) is 2.76. The van der Waals surface area contributed by atoms with Gasteiger partial charge in [-0.3, -0.25) is 4.79 Å². The van der Waals surface area contributed by atoms with Crippen LogP contribution in [0.1, 0.15) is 10.4 Å². The lowest BCUT2D eigenvalue weighted by molar-refractivity contribution is 0.112. The minimum atomic E-state index is -0.544. The predicted octanol–water partition coefficient (Wildman–Crippen LogP) is 1.44. The molecule has 0 atom stereocenters. The van der Waals surface area contributed by atoms with Crippen molar-refractivity contribution in [3.05, 3.63) is 23.5 Å². The summed E-state index contributed by atoms with van der Waals surface area (Å²) in [4.78, 5) is 10.4. The fourth-order valence-corrected chi connectivity index (χ4v) is 1.27. The highest BCUT2D eigenvalue weighted by Crippen LogP contribution is 2.29. The van der Waals surface area contributed by atoms with Crippen LogP contribution >= 0.6 is 0 Å². The molecule has 68 valence electrons. The number of benzene rings is 1. The highest BCUT2D eigenvalue weighted by Gasteiger charge is 2.13. The maximum atomic E-state index is 13.0. The smallest absolute Gasteiger partial charge is 0.153 e. The number of nitrogens with one attached hydrogen (secondary N) is 1. The number of anilines is 1. The van der Waals surface area contributed by atoms with Gasteiger partial charge < -0.3 is 10.1 Å². The van der Waals surface area contributed by atoms with E-state index in [1.54, 1.807) is 0 Å². The number of rotatable bonds is 1. The summed E-state index contributed by atoms with van der Waals surface area (Å²) in [5.74, 6) is -0.0770. The van der Waals surface area contributed by atoms with E-state index in [9.17, 15) is 9.18 Å². The first-order chi connectivity index (χ1) is 6.31. The highest BCUT2D eigenvalue weighted by molar-refractivity contribution is 5.79. The van der Waals surface area contributed by atoms with Gasteiger partial charge in [-0.05, 0) is 6.07 Å². The van der Waals surface area contributed by atoms with Crippen LogP contribution in [-0.4, -0.2) is 19.4 Å². The van der Waals surface area contributed by atoms with Crippen LogP contribution in [0.5, 0.6) is 5.75 Å². The van der Waals surface area contributed by atoms with E-state index in [0.29, 0.717) is 30.9 Å². The molecular formula is C9H8FNO2. The number of hydrogen-bond acceptors (Lipinski definition) is 3. The standard InChI is InChI=1S/C9H8FNO2/c10-7-4-9-8(3-6(7)5-12)11-1-2-13-9/h3-5,11H,1-2H2. The summed E-state index contributed by atoms with van der Waals surface area (Å²) in [6.45, 7) is 1.20. The molecule has 4 heteroatoms. The van der Waals surface area contributed by atoms with E-state index in [1.165, 1.54) is 12.1 Å². The molecule has 3 nitrogen and oxygen atoms in total. The van der Waals surface area contributed by atoms with Crippen LogP contribution in [0.15, 0.2) is 12.1 Å². The molecule has 13 heavy (non-hydrogen) atoms. The number of ether oxygens (including phenoxy) is 1. The molecule has 0 radical (unpaired) electrons. The van der Waals surface area contributed by atoms with Gasteiger partial charge in [0.05, 0.1) is 11.3 Å². The molecule has 1 aliphatic rings. The number of fused-ring (bicyclic) bond motifs is 1. The van der Waals surface area contributed by atoms with E-state index in [-0.39, 0.29) is 5.56 Å². The number of carbonyl (C=O) groups is 1. The van der Waals surface area contributed by atoms with Crippen LogP contribution in [-0.2, 0) is 0 Å². The average Bonchev–Trinajstić information content (AvgIpc) is 2.17. The summed E-state index contributed by atoms with van der Waals surface area (Å²) in [6.07, 6.45) is 0.492. The summed E-state index contributed by atoms with van der Waals surface area (Å²) < 4.78 is 18.2. The molecule has 2 rings (SSSR count). The first-order valence-corrected chi connectivity index (χ1v) is 3.96. The summed E-state index contributed by atoms with van der Waals surface area (Å²) in [7, 11) is 0. The van der Waals surface area contributed by atoms with Crippen molar-refractivity contribution in [3.63, 3.8) is 0 Å². The molecule has 0 aliphatic carbocycles. The maximum absolute atomic E-state index is 13.0. The Kier molecular flexibility index (Phi) is 1.88. The SMILES string of the molecule is O=Cc1cc2c(cc1F)OCCN2. The lowest BCUT2D eigenvalue weighted by atomic mass is 10.1. The molecule has 0 saturated carbocycles. The minimum absolute atomic E-state index is 0.0525. The van der Waals surface area contributed by atoms with Gasteiger partial charge in [0, 0.05) is 12.6 Å². The van der Waals surface area contributed by atoms with Gasteiger partial charge in [-0.2, -0.15) is 0 Å². The van der Waals surface area contributed by atoms with Crippen LogP contribution in [0.25, 0.3) is 0 Å². The lowest BCUT2D eigenvalue weighted by Gasteiger charge is -2.19. The van der Waals surface area contributed by atoms with Crippen molar-refractivity contribution in [1.82, 2.24) is 0 Å². The van der Waals surface area contributed by atoms with Crippen LogP contribution in [0.2, 0.25) is 0 Å². The Hall–Kier alpha value is -1.58. The molecule has 1 heterocycles. The minimum Gasteiger partial charge on any atom is -0.489 e. The van der Waals surface area contributed by atoms with Gasteiger partial charge in [0.1, 0.15) is 18.2 Å². The Morgan fingerprint density at radius 3 is 3.15 bits per heavy atom. The molecular weight excluding hydrogens is 173 g/mol. The Morgan fingerprint density at radius 1 is 1.54 bits per heavy atom. The van der Waals surface area contributed by atoms with E-state index in [0.717, 1.165) is 0 Å². The fraction of sp³-hybridized carbons (Fsp3) is 0.222. The third kappa shape index (κ3) is 1.35. The monoisotopic (exact) mass is 181 g/mol. The Morgan fingerprint density at radius 2 is 2.38 bits per heavy atom. The Labute approximate surface area is 74.5 Å². The molecule has 0 bridgehead atoms. The average molecular weight is 181 g/mol. The number of carbonyl (C=O) groups excluding carboxylic acids is 1. The van der Waals surface area contributed by atoms with E-state index >= 15 is 0 Å². The summed E-state index contributed by atoms with van der Waals surface area (Å²) >= 11 is 0. The molecule has 1 aromatic carbocycles. The molecule has 1 aliphatic heterocycles. The summed E-state index contributed by atoms with van der Waals surface area (Å²) in [5, 5.41) is 3.01. The second kappa shape index (κ2) is 3.05. The van der Waals surface area contributed by atoms with Crippen molar-refractivity contribution < 1.29 is 13.9 Å². The molecule has 0 unspecified atom stereocenters. The number of aldehydes is 1. The molecule has 0 amide bonds. The van der Waals surface area contributed by atoms with E-state index in [4.69, 9.17) is 4.74 Å². The normalized spacial score (nSPS) is 13.9. The van der Waals surface area contributed by atoms with Gasteiger partial charge in [-0.25, -0.2) is 4.39 Å². The lowest BCUT2D eigenvalue weighted by Crippen LogP contribution is -2.18. The van der Waals surface area contributed by atoms with Gasteiger partial charge in [-0.1, -0.05) is 0 Å². The van der Waals surface area contributed by atoms with Crippen molar-refractivity contribution in [2.75, 3.05) is 18.5 Å². The van der Waals surface area contributed by atoms with Crippen LogP contribution < -0.4 is 10.1 Å². The molecule has 1 aromatic rings. The van der Waals surface area contributed by atoms with Gasteiger partial charge in [0.2, 0.25) is 0 Å². The topological polar surface area (TPSA) is 38.3 Å². The largest absolute Gasteiger partial charge is 0.489 e. The quantitative estimate of drug-likeness (QED) is 0.666. The molecule has 0 aromatic heterocycles. The summed E-state index contributed by atoms with van der Waals surface area (Å²) in [6, 6.07) is 2.68. The van der Waals surface area contributed by atoms with Crippen molar-refractivity contribution in [2.24, 2.45) is 0 Å². The Bertz CT molecular complexity index is 352. The van der Waals surface area contributed by atoms with E-state index in [1.807, 2.05) is 0 Å². The van der Waals surface area contributed by atoms with Crippen molar-refractivity contribution >= 4 is 12.0 Å². The zero-order valence-corrected chi connectivity index (χ0v) is 6.84. The maximum Gasteiger partial charge on any atom is 0.153 e. The van der Waals surface area contributed by atoms with Gasteiger partial charge in [0.25, 0.3) is 0 Å². The van der Waals surface area contributed by atoms with Gasteiger partial charge in [-0.15, -0.1) is 0 Å². The molecule has 0 fully saturated rings. The van der Waals surface area contributed by atoms with Crippen LogP contribution in [0.3, 0.4) is 0 Å². The molecule has 1 N–H and O–H groups in total. The third-order valence-electron chi connectivity index (χ3n) is 1.90. The molecule has 0 saturated heterocycles. The van der Waals surface area contributed by atoms with E-state index in [2.05, 4.69) is 5.32 Å². The van der Waals surface area contributed by atoms with Crippen molar-refractivity contribution in [1.29, 1.82) is 0 Å². The van der Waals surface area contributed by atoms with Crippen LogP contribution in [0.4, 0.5) is 10.1 Å². The molecule has 0 spiro atoms. The Balaban J connectivity index is 2.50. The first-order valence-electron chi connectivity index (χ1n) is 3.96. The van der Waals surface area contributed by atoms with E-state index < -0.39 is 5.82 Å². The highest BCUT2D eigenvalue weighted by atomic mass is 19.1. The van der Waals surface area contributed by atoms with Crippen molar-refractivity contribution in [2.45, 2.75) is 0 Å². The predicted molar refractivity (Wildman–Crippen MR) is 45.8 cm³/mol. The zero-order valence-electron chi connectivity index (χ0n) is 6.84.